The molecule has 0 aliphatic heterocycles. The standard InChI is InChI=1S/C18H20ClN5O2S/c1-22(2)9-10-27-16-13-15(23(3)18(26)24(4)17(13)25)20-14(21-16)11-7-5-6-8-12(11)19/h5-8H,9-10H2,1-4H3. The molecule has 0 atom stereocenters. The van der Waals surface area contributed by atoms with Crippen molar-refractivity contribution in [2.45, 2.75) is 5.03 Å². The molecule has 2 aromatic heterocycles. The Morgan fingerprint density at radius 3 is 2.48 bits per heavy atom. The van der Waals surface area contributed by atoms with Crippen LogP contribution in [0.4, 0.5) is 0 Å². The van der Waals surface area contributed by atoms with Crippen LogP contribution in [-0.2, 0) is 14.1 Å². The average molecular weight is 406 g/mol. The SMILES string of the molecule is CN(C)CCSc1nc(-c2ccccc2Cl)nc2c1c(=O)n(C)c(=O)n2C. The van der Waals surface area contributed by atoms with Gasteiger partial charge in [0.25, 0.3) is 5.56 Å². The molecule has 0 bridgehead atoms. The molecular weight excluding hydrogens is 386 g/mol. The highest BCUT2D eigenvalue weighted by molar-refractivity contribution is 7.99. The van der Waals surface area contributed by atoms with E-state index in [4.69, 9.17) is 11.6 Å². The van der Waals surface area contributed by atoms with Crippen molar-refractivity contribution in [2.75, 3.05) is 26.4 Å². The van der Waals surface area contributed by atoms with Gasteiger partial charge in [0.15, 0.2) is 11.5 Å². The maximum atomic E-state index is 12.8. The molecule has 0 aliphatic rings. The van der Waals surface area contributed by atoms with Crippen molar-refractivity contribution < 1.29 is 0 Å². The number of hydrogen-bond donors (Lipinski definition) is 0. The molecule has 142 valence electrons. The summed E-state index contributed by atoms with van der Waals surface area (Å²) in [5.41, 5.74) is 0.135. The van der Waals surface area contributed by atoms with Crippen LogP contribution in [0.25, 0.3) is 22.4 Å². The number of benzene rings is 1. The maximum Gasteiger partial charge on any atom is 0.332 e. The van der Waals surface area contributed by atoms with Gasteiger partial charge in [-0.2, -0.15) is 0 Å². The van der Waals surface area contributed by atoms with Gasteiger partial charge >= 0.3 is 5.69 Å². The fraction of sp³-hybridized carbons (Fsp3) is 0.333. The fourth-order valence-electron chi connectivity index (χ4n) is 2.62. The van der Waals surface area contributed by atoms with E-state index >= 15 is 0 Å². The van der Waals surface area contributed by atoms with Gasteiger partial charge in [0.05, 0.1) is 5.02 Å². The minimum atomic E-state index is -0.430. The van der Waals surface area contributed by atoms with Gasteiger partial charge in [-0.05, 0) is 26.2 Å². The van der Waals surface area contributed by atoms with E-state index in [0.717, 1.165) is 16.9 Å². The average Bonchev–Trinajstić information content (AvgIpc) is 2.64. The zero-order valence-electron chi connectivity index (χ0n) is 15.6. The molecule has 27 heavy (non-hydrogen) atoms. The van der Waals surface area contributed by atoms with Crippen LogP contribution < -0.4 is 11.2 Å². The summed E-state index contributed by atoms with van der Waals surface area (Å²) in [6, 6.07) is 7.24. The van der Waals surface area contributed by atoms with E-state index in [9.17, 15) is 9.59 Å². The Morgan fingerprint density at radius 2 is 1.81 bits per heavy atom. The predicted molar refractivity (Wildman–Crippen MR) is 110 cm³/mol. The van der Waals surface area contributed by atoms with E-state index in [1.54, 1.807) is 13.1 Å². The number of aryl methyl sites for hydroxylation is 1. The number of nitrogens with zero attached hydrogens (tertiary/aromatic N) is 5. The van der Waals surface area contributed by atoms with Crippen LogP contribution in [-0.4, -0.2) is 50.4 Å². The smallest absolute Gasteiger partial charge is 0.309 e. The highest BCUT2D eigenvalue weighted by Crippen LogP contribution is 2.29. The van der Waals surface area contributed by atoms with Crippen molar-refractivity contribution in [2.24, 2.45) is 14.1 Å². The molecule has 3 rings (SSSR count). The molecule has 3 aromatic rings. The molecule has 0 aliphatic carbocycles. The monoisotopic (exact) mass is 405 g/mol. The number of thioether (sulfide) groups is 1. The second-order valence-electron chi connectivity index (χ2n) is 6.39. The van der Waals surface area contributed by atoms with Crippen LogP contribution in [0.1, 0.15) is 0 Å². The fourth-order valence-corrected chi connectivity index (χ4v) is 3.97. The molecule has 0 unspecified atom stereocenters. The van der Waals surface area contributed by atoms with Crippen LogP contribution in [0, 0.1) is 0 Å². The van der Waals surface area contributed by atoms with E-state index in [2.05, 4.69) is 14.9 Å². The van der Waals surface area contributed by atoms with Crippen molar-refractivity contribution in [3.8, 4) is 11.4 Å². The van der Waals surface area contributed by atoms with E-state index in [1.165, 1.54) is 23.4 Å². The lowest BCUT2D eigenvalue weighted by atomic mass is 10.2. The summed E-state index contributed by atoms with van der Waals surface area (Å²) in [5.74, 6) is 1.14. The van der Waals surface area contributed by atoms with E-state index in [1.807, 2.05) is 32.3 Å². The number of halogens is 1. The van der Waals surface area contributed by atoms with Gasteiger partial charge in [0, 0.05) is 32.0 Å². The number of hydrogen-bond acceptors (Lipinski definition) is 6. The van der Waals surface area contributed by atoms with Crippen molar-refractivity contribution in [1.29, 1.82) is 0 Å². The van der Waals surface area contributed by atoms with Crippen molar-refractivity contribution in [3.63, 3.8) is 0 Å². The maximum absolute atomic E-state index is 12.8. The van der Waals surface area contributed by atoms with Crippen LogP contribution >= 0.6 is 23.4 Å². The molecule has 0 fully saturated rings. The molecular formula is C18H20ClN5O2S. The minimum Gasteiger partial charge on any atom is -0.309 e. The van der Waals surface area contributed by atoms with E-state index in [-0.39, 0.29) is 0 Å². The second-order valence-corrected chi connectivity index (χ2v) is 7.88. The first-order valence-electron chi connectivity index (χ1n) is 8.31. The zero-order chi connectivity index (χ0) is 19.7. The molecule has 0 saturated carbocycles. The molecule has 0 amide bonds. The number of aromatic nitrogens is 4. The third-order valence-corrected chi connectivity index (χ3v) is 5.44. The van der Waals surface area contributed by atoms with Crippen molar-refractivity contribution in [1.82, 2.24) is 24.0 Å². The molecule has 1 aromatic carbocycles. The van der Waals surface area contributed by atoms with Gasteiger partial charge in [-0.3, -0.25) is 13.9 Å². The summed E-state index contributed by atoms with van der Waals surface area (Å²) in [6.07, 6.45) is 0. The van der Waals surface area contributed by atoms with Crippen molar-refractivity contribution in [3.05, 3.63) is 50.1 Å². The molecule has 9 heteroatoms. The summed E-state index contributed by atoms with van der Waals surface area (Å²) in [7, 11) is 7.02. The first kappa shape index (κ1) is 19.6. The highest BCUT2D eigenvalue weighted by Gasteiger charge is 2.19. The Kier molecular flexibility index (Phi) is 5.69. The van der Waals surface area contributed by atoms with Crippen LogP contribution in [0.3, 0.4) is 0 Å². The minimum absolute atomic E-state index is 0.306. The quantitative estimate of drug-likeness (QED) is 0.477. The summed E-state index contributed by atoms with van der Waals surface area (Å²) in [5, 5.41) is 1.40. The second kappa shape index (κ2) is 7.84. The molecule has 0 spiro atoms. The molecule has 2 heterocycles. The topological polar surface area (TPSA) is 73.0 Å². The lowest BCUT2D eigenvalue weighted by Crippen LogP contribution is -2.37. The summed E-state index contributed by atoms with van der Waals surface area (Å²) >= 11 is 7.77. The van der Waals surface area contributed by atoms with Crippen LogP contribution in [0.5, 0.6) is 0 Å². The zero-order valence-corrected chi connectivity index (χ0v) is 17.1. The van der Waals surface area contributed by atoms with E-state index in [0.29, 0.717) is 32.5 Å². The van der Waals surface area contributed by atoms with E-state index < -0.39 is 11.2 Å². The lowest BCUT2D eigenvalue weighted by Gasteiger charge is -2.13. The highest BCUT2D eigenvalue weighted by atomic mass is 35.5. The van der Waals surface area contributed by atoms with Gasteiger partial charge in [0.1, 0.15) is 10.4 Å². The Bertz CT molecular complexity index is 1120. The summed E-state index contributed by atoms with van der Waals surface area (Å²) < 4.78 is 2.45. The lowest BCUT2D eigenvalue weighted by molar-refractivity contribution is 0.437. The van der Waals surface area contributed by atoms with Crippen LogP contribution in [0.15, 0.2) is 38.9 Å². The van der Waals surface area contributed by atoms with Gasteiger partial charge < -0.3 is 4.90 Å². The summed E-state index contributed by atoms with van der Waals surface area (Å²) in [4.78, 5) is 36.3. The van der Waals surface area contributed by atoms with Gasteiger partial charge in [-0.25, -0.2) is 14.8 Å². The Balaban J connectivity index is 2.30. The molecule has 0 radical (unpaired) electrons. The van der Waals surface area contributed by atoms with Gasteiger partial charge in [0.2, 0.25) is 0 Å². The van der Waals surface area contributed by atoms with Crippen molar-refractivity contribution >= 4 is 34.4 Å². The molecule has 7 nitrogen and oxygen atoms in total. The summed E-state index contributed by atoms with van der Waals surface area (Å²) in [6.45, 7) is 0.823. The Hall–Kier alpha value is -2.16. The molecule has 0 saturated heterocycles. The van der Waals surface area contributed by atoms with Gasteiger partial charge in [-0.1, -0.05) is 23.7 Å². The van der Waals surface area contributed by atoms with Gasteiger partial charge in [-0.15, -0.1) is 11.8 Å². The Labute approximate surface area is 165 Å². The largest absolute Gasteiger partial charge is 0.332 e. The first-order valence-corrected chi connectivity index (χ1v) is 9.67. The molecule has 0 N–H and O–H groups in total. The van der Waals surface area contributed by atoms with Crippen LogP contribution in [0.2, 0.25) is 5.02 Å². The third-order valence-electron chi connectivity index (χ3n) is 4.16. The number of fused-ring (bicyclic) bond motifs is 1. The third kappa shape index (κ3) is 3.78. The Morgan fingerprint density at radius 1 is 1.11 bits per heavy atom. The number of rotatable bonds is 5. The first-order chi connectivity index (χ1) is 12.8. The predicted octanol–water partition coefficient (Wildman–Crippen LogP) is 2.00. The normalized spacial score (nSPS) is 11.5.